The van der Waals surface area contributed by atoms with E-state index in [1.807, 2.05) is 6.07 Å². The van der Waals surface area contributed by atoms with Gasteiger partial charge in [-0.2, -0.15) is 0 Å². The van der Waals surface area contributed by atoms with Crippen molar-refractivity contribution in [2.24, 2.45) is 0 Å². The lowest BCUT2D eigenvalue weighted by Gasteiger charge is -2.23. The monoisotopic (exact) mass is 238 g/mol. The Hall–Kier alpha value is -1.02. The van der Waals surface area contributed by atoms with E-state index in [2.05, 4.69) is 0 Å². The van der Waals surface area contributed by atoms with Crippen molar-refractivity contribution >= 4 is 17.6 Å². The third-order valence-electron chi connectivity index (χ3n) is 3.30. The molecule has 3 heteroatoms. The van der Waals surface area contributed by atoms with Crippen LogP contribution in [0.5, 0.6) is 0 Å². The largest absolute Gasteiger partial charge is 0.478 e. The molecule has 1 aliphatic carbocycles. The van der Waals surface area contributed by atoms with E-state index in [1.54, 1.807) is 12.1 Å². The van der Waals surface area contributed by atoms with Crippen molar-refractivity contribution in [1.29, 1.82) is 0 Å². The molecule has 0 aromatic heterocycles. The van der Waals surface area contributed by atoms with Gasteiger partial charge in [0.15, 0.2) is 0 Å². The van der Waals surface area contributed by atoms with Crippen LogP contribution in [0.4, 0.5) is 0 Å². The summed E-state index contributed by atoms with van der Waals surface area (Å²) in [6, 6.07) is 5.32. The van der Waals surface area contributed by atoms with E-state index in [1.165, 1.54) is 19.3 Å². The second-order valence-corrected chi connectivity index (χ2v) is 4.73. The lowest BCUT2D eigenvalue weighted by molar-refractivity contribution is 0.0697. The van der Waals surface area contributed by atoms with Crippen molar-refractivity contribution in [3.05, 3.63) is 34.3 Å². The van der Waals surface area contributed by atoms with Crippen LogP contribution in [0.15, 0.2) is 18.2 Å². The number of aromatic carboxylic acids is 1. The Morgan fingerprint density at radius 1 is 1.25 bits per heavy atom. The molecule has 0 radical (unpaired) electrons. The fourth-order valence-corrected chi connectivity index (χ4v) is 2.81. The van der Waals surface area contributed by atoms with Crippen LogP contribution in [0, 0.1) is 0 Å². The second-order valence-electron chi connectivity index (χ2n) is 4.35. The molecular formula is C13H15ClO2. The SMILES string of the molecule is O=C(O)c1cccc(C2CCCCC2)c1Cl. The summed E-state index contributed by atoms with van der Waals surface area (Å²) in [7, 11) is 0. The summed E-state index contributed by atoms with van der Waals surface area (Å²) < 4.78 is 0. The van der Waals surface area contributed by atoms with Gasteiger partial charge in [0.25, 0.3) is 0 Å². The van der Waals surface area contributed by atoms with Crippen molar-refractivity contribution in [3.8, 4) is 0 Å². The lowest BCUT2D eigenvalue weighted by Crippen LogP contribution is -2.07. The van der Waals surface area contributed by atoms with E-state index in [9.17, 15) is 4.79 Å². The number of hydrogen-bond donors (Lipinski definition) is 1. The molecule has 0 aliphatic heterocycles. The number of carboxylic acid groups (broad SMARTS) is 1. The fraction of sp³-hybridized carbons (Fsp3) is 0.462. The summed E-state index contributed by atoms with van der Waals surface area (Å²) in [5.74, 6) is -0.497. The Balaban J connectivity index is 2.33. The highest BCUT2D eigenvalue weighted by atomic mass is 35.5. The molecule has 16 heavy (non-hydrogen) atoms. The summed E-state index contributed by atoms with van der Waals surface area (Å²) in [6.45, 7) is 0. The Kier molecular flexibility index (Phi) is 3.49. The first-order chi connectivity index (χ1) is 7.70. The molecule has 86 valence electrons. The first-order valence-electron chi connectivity index (χ1n) is 5.72. The van der Waals surface area contributed by atoms with Gasteiger partial charge in [-0.1, -0.05) is 43.0 Å². The zero-order valence-electron chi connectivity index (χ0n) is 9.08. The normalized spacial score (nSPS) is 17.3. The maximum absolute atomic E-state index is 11.0. The van der Waals surface area contributed by atoms with E-state index >= 15 is 0 Å². The molecule has 1 aromatic rings. The zero-order valence-corrected chi connectivity index (χ0v) is 9.83. The van der Waals surface area contributed by atoms with Gasteiger partial charge in [0.05, 0.1) is 10.6 Å². The first kappa shape index (κ1) is 11.5. The zero-order chi connectivity index (χ0) is 11.5. The quantitative estimate of drug-likeness (QED) is 0.843. The Bertz CT molecular complexity index is 395. The highest BCUT2D eigenvalue weighted by Gasteiger charge is 2.20. The predicted molar refractivity (Wildman–Crippen MR) is 64.2 cm³/mol. The lowest BCUT2D eigenvalue weighted by atomic mass is 9.83. The smallest absolute Gasteiger partial charge is 0.337 e. The molecule has 2 nitrogen and oxygen atoms in total. The van der Waals surface area contributed by atoms with Crippen LogP contribution >= 0.6 is 11.6 Å². The third-order valence-corrected chi connectivity index (χ3v) is 3.73. The summed E-state index contributed by atoms with van der Waals surface area (Å²) in [5.41, 5.74) is 1.24. The summed E-state index contributed by atoms with van der Waals surface area (Å²) in [6.07, 6.45) is 5.98. The minimum atomic E-state index is -0.942. The van der Waals surface area contributed by atoms with Crippen molar-refractivity contribution in [2.45, 2.75) is 38.0 Å². The predicted octanol–water partition coefficient (Wildman–Crippen LogP) is 4.09. The van der Waals surface area contributed by atoms with Crippen LogP contribution in [0.2, 0.25) is 5.02 Å². The first-order valence-corrected chi connectivity index (χ1v) is 6.09. The fourth-order valence-electron chi connectivity index (χ4n) is 2.44. The van der Waals surface area contributed by atoms with Crippen LogP contribution < -0.4 is 0 Å². The van der Waals surface area contributed by atoms with Crippen LogP contribution in [0.25, 0.3) is 0 Å². The van der Waals surface area contributed by atoms with Crippen LogP contribution in [-0.4, -0.2) is 11.1 Å². The highest BCUT2D eigenvalue weighted by Crippen LogP contribution is 2.37. The van der Waals surface area contributed by atoms with Gasteiger partial charge in [-0.3, -0.25) is 0 Å². The summed E-state index contributed by atoms with van der Waals surface area (Å²) in [5, 5.41) is 9.44. The Morgan fingerprint density at radius 2 is 1.94 bits per heavy atom. The van der Waals surface area contributed by atoms with Gasteiger partial charge in [-0.15, -0.1) is 0 Å². The van der Waals surface area contributed by atoms with Crippen LogP contribution in [0.3, 0.4) is 0 Å². The van der Waals surface area contributed by atoms with Gasteiger partial charge in [0, 0.05) is 0 Å². The molecule has 0 spiro atoms. The molecule has 1 N–H and O–H groups in total. The van der Waals surface area contributed by atoms with E-state index in [4.69, 9.17) is 16.7 Å². The number of benzene rings is 1. The number of halogens is 1. The molecule has 2 rings (SSSR count). The molecule has 0 saturated heterocycles. The van der Waals surface area contributed by atoms with E-state index < -0.39 is 5.97 Å². The van der Waals surface area contributed by atoms with Gasteiger partial charge in [0.1, 0.15) is 0 Å². The van der Waals surface area contributed by atoms with Crippen LogP contribution in [0.1, 0.15) is 53.9 Å². The van der Waals surface area contributed by atoms with Gasteiger partial charge in [0.2, 0.25) is 0 Å². The number of carboxylic acids is 1. The van der Waals surface area contributed by atoms with Crippen LogP contribution in [-0.2, 0) is 0 Å². The van der Waals surface area contributed by atoms with Crippen molar-refractivity contribution < 1.29 is 9.90 Å². The van der Waals surface area contributed by atoms with E-state index in [0.717, 1.165) is 18.4 Å². The molecule has 0 atom stereocenters. The third kappa shape index (κ3) is 2.22. The summed E-state index contributed by atoms with van der Waals surface area (Å²) in [4.78, 5) is 11.0. The minimum Gasteiger partial charge on any atom is -0.478 e. The number of rotatable bonds is 2. The molecule has 1 aliphatic rings. The van der Waals surface area contributed by atoms with Crippen molar-refractivity contribution in [1.82, 2.24) is 0 Å². The van der Waals surface area contributed by atoms with Crippen molar-refractivity contribution in [2.75, 3.05) is 0 Å². The number of carbonyl (C=O) groups is 1. The molecule has 0 heterocycles. The maximum Gasteiger partial charge on any atom is 0.337 e. The Morgan fingerprint density at radius 3 is 2.56 bits per heavy atom. The van der Waals surface area contributed by atoms with E-state index in [-0.39, 0.29) is 5.56 Å². The minimum absolute atomic E-state index is 0.227. The highest BCUT2D eigenvalue weighted by molar-refractivity contribution is 6.34. The van der Waals surface area contributed by atoms with Gasteiger partial charge in [-0.05, 0) is 30.4 Å². The molecular weight excluding hydrogens is 224 g/mol. The molecule has 1 saturated carbocycles. The molecule has 1 aromatic carbocycles. The molecule has 0 unspecified atom stereocenters. The van der Waals surface area contributed by atoms with Gasteiger partial charge >= 0.3 is 5.97 Å². The molecule has 0 bridgehead atoms. The van der Waals surface area contributed by atoms with E-state index in [0.29, 0.717) is 10.9 Å². The van der Waals surface area contributed by atoms with Gasteiger partial charge < -0.3 is 5.11 Å². The summed E-state index contributed by atoms with van der Waals surface area (Å²) >= 11 is 6.16. The maximum atomic E-state index is 11.0. The Labute approximate surface area is 100 Å². The topological polar surface area (TPSA) is 37.3 Å². The van der Waals surface area contributed by atoms with Gasteiger partial charge in [-0.25, -0.2) is 4.79 Å². The standard InChI is InChI=1S/C13H15ClO2/c14-12-10(9-5-2-1-3-6-9)7-4-8-11(12)13(15)16/h4,7-9H,1-3,5-6H2,(H,15,16). The average molecular weight is 239 g/mol. The average Bonchev–Trinajstić information content (AvgIpc) is 2.30. The number of hydrogen-bond acceptors (Lipinski definition) is 1. The van der Waals surface area contributed by atoms with Crippen molar-refractivity contribution in [3.63, 3.8) is 0 Å². The second kappa shape index (κ2) is 4.88. The molecule has 1 fully saturated rings. The molecule has 0 amide bonds.